The summed E-state index contributed by atoms with van der Waals surface area (Å²) in [6.07, 6.45) is -2.01. The summed E-state index contributed by atoms with van der Waals surface area (Å²) in [5, 5.41) is 29.2. The average Bonchev–Trinajstić information content (AvgIpc) is 2.88. The lowest BCUT2D eigenvalue weighted by molar-refractivity contribution is -0.129. The Morgan fingerprint density at radius 3 is 2.86 bits per heavy atom. The van der Waals surface area contributed by atoms with Crippen molar-refractivity contribution in [1.29, 1.82) is 0 Å². The lowest BCUT2D eigenvalue weighted by atomic mass is 9.95. The maximum atomic E-state index is 14.2. The van der Waals surface area contributed by atoms with Gasteiger partial charge in [-0.1, -0.05) is 0 Å². The number of aromatic amines is 1. The molecule has 9 nitrogen and oxygen atoms in total. The molecule has 2 aromatic rings. The van der Waals surface area contributed by atoms with E-state index in [1.165, 1.54) is 0 Å². The summed E-state index contributed by atoms with van der Waals surface area (Å²) in [6, 6.07) is -2.04. The van der Waals surface area contributed by atoms with E-state index in [1.54, 1.807) is 0 Å². The zero-order chi connectivity index (χ0) is 16.3. The number of nitrogen functional groups attached to an aromatic ring is 1. The van der Waals surface area contributed by atoms with Crippen LogP contribution in [0.25, 0.3) is 11.2 Å². The van der Waals surface area contributed by atoms with E-state index in [2.05, 4.69) is 15.0 Å². The van der Waals surface area contributed by atoms with Gasteiger partial charge < -0.3 is 25.6 Å². The molecule has 0 radical (unpaired) electrons. The number of fused-ring (bicyclic) bond motifs is 1. The van der Waals surface area contributed by atoms with E-state index in [-0.39, 0.29) is 17.1 Å². The van der Waals surface area contributed by atoms with Crippen LogP contribution in [0.3, 0.4) is 0 Å². The van der Waals surface area contributed by atoms with E-state index in [4.69, 9.17) is 5.73 Å². The number of nitrogens with one attached hydrogen (secondary N) is 1. The Kier molecular flexibility index (Phi) is 2.99. The molecule has 1 saturated carbocycles. The quantitative estimate of drug-likeness (QED) is 0.446. The third kappa shape index (κ3) is 1.82. The number of hydrogen-bond donors (Lipinski definition) is 5. The smallest absolute Gasteiger partial charge is 0.280 e. The van der Waals surface area contributed by atoms with Crippen LogP contribution in [0.2, 0.25) is 0 Å². The molecule has 2 unspecified atom stereocenters. The zero-order valence-electron chi connectivity index (χ0n) is 11.1. The van der Waals surface area contributed by atoms with Crippen LogP contribution >= 0.6 is 0 Å². The number of aliphatic hydroxyl groups excluding tert-OH is 2. The molecule has 3 rings (SSSR count). The van der Waals surface area contributed by atoms with E-state index in [1.807, 2.05) is 0 Å². The molecule has 120 valence electrons. The minimum atomic E-state index is -3.55. The van der Waals surface area contributed by atoms with Crippen LogP contribution < -0.4 is 11.3 Å². The number of aromatic nitrogens is 4. The Morgan fingerprint density at radius 1 is 1.55 bits per heavy atom. The number of hydrogen-bond acceptors (Lipinski definition) is 7. The van der Waals surface area contributed by atoms with Crippen molar-refractivity contribution in [2.45, 2.75) is 30.1 Å². The number of nitrogens with two attached hydrogens (primary N) is 1. The lowest BCUT2D eigenvalue weighted by Crippen LogP contribution is -2.49. The van der Waals surface area contributed by atoms with Crippen LogP contribution in [0, 0.1) is 0 Å². The Labute approximate surface area is 121 Å². The second-order valence-corrected chi connectivity index (χ2v) is 5.31. The van der Waals surface area contributed by atoms with Crippen LogP contribution in [0.5, 0.6) is 0 Å². The number of H-pyrrole nitrogens is 1. The van der Waals surface area contributed by atoms with Gasteiger partial charge in [-0.2, -0.15) is 4.98 Å². The second kappa shape index (κ2) is 4.44. The van der Waals surface area contributed by atoms with Crippen LogP contribution in [0.1, 0.15) is 12.5 Å². The van der Waals surface area contributed by atoms with E-state index in [0.717, 1.165) is 10.9 Å². The van der Waals surface area contributed by atoms with Crippen molar-refractivity contribution in [2.24, 2.45) is 0 Å². The standard InChI is InChI=1S/C11H13F2N5O4/c12-11(13)1-4(20)10(22,2-19)8(11)18-3-15-5-6(18)16-9(14)17-7(5)21/h3-4,8,19-20,22H,1-2H2,(H3,14,16,17,21)/t4?,8-,10?/m1/s1. The highest BCUT2D eigenvalue weighted by molar-refractivity contribution is 5.70. The third-order valence-electron chi connectivity index (χ3n) is 3.90. The van der Waals surface area contributed by atoms with Gasteiger partial charge in [-0.3, -0.25) is 9.78 Å². The van der Waals surface area contributed by atoms with Gasteiger partial charge >= 0.3 is 0 Å². The van der Waals surface area contributed by atoms with Gasteiger partial charge in [-0.25, -0.2) is 13.8 Å². The zero-order valence-corrected chi connectivity index (χ0v) is 11.1. The molecular weight excluding hydrogens is 304 g/mol. The summed E-state index contributed by atoms with van der Waals surface area (Å²) in [7, 11) is 0. The first-order valence-electron chi connectivity index (χ1n) is 6.32. The van der Waals surface area contributed by atoms with Gasteiger partial charge in [0.15, 0.2) is 11.2 Å². The molecule has 3 atom stereocenters. The van der Waals surface area contributed by atoms with Gasteiger partial charge in [-0.05, 0) is 0 Å². The molecular formula is C11H13F2N5O4. The molecule has 2 heterocycles. The molecule has 0 saturated heterocycles. The number of rotatable bonds is 2. The van der Waals surface area contributed by atoms with Gasteiger partial charge in [0.2, 0.25) is 5.95 Å². The van der Waals surface area contributed by atoms with Gasteiger partial charge in [0.05, 0.1) is 19.0 Å². The molecule has 0 spiro atoms. The van der Waals surface area contributed by atoms with E-state index in [9.17, 15) is 28.9 Å². The number of imidazole rings is 1. The van der Waals surface area contributed by atoms with Crippen molar-refractivity contribution in [3.05, 3.63) is 16.7 Å². The Morgan fingerprint density at radius 2 is 2.23 bits per heavy atom. The average molecular weight is 317 g/mol. The molecule has 2 aromatic heterocycles. The molecule has 0 aliphatic heterocycles. The van der Waals surface area contributed by atoms with Gasteiger partial charge in [-0.15, -0.1) is 0 Å². The number of aliphatic hydroxyl groups is 3. The SMILES string of the molecule is Nc1nc2c(ncn2[C@H]2C(F)(F)CC(O)C2(O)CO)c(=O)[nH]1. The summed E-state index contributed by atoms with van der Waals surface area (Å²) >= 11 is 0. The van der Waals surface area contributed by atoms with Crippen molar-refractivity contribution in [3.63, 3.8) is 0 Å². The maximum Gasteiger partial charge on any atom is 0.280 e. The monoisotopic (exact) mass is 317 g/mol. The molecule has 0 bridgehead atoms. The normalized spacial score (nSPS) is 31.0. The summed E-state index contributed by atoms with van der Waals surface area (Å²) in [5.41, 5.74) is 1.64. The summed E-state index contributed by atoms with van der Waals surface area (Å²) in [4.78, 5) is 21.3. The predicted molar refractivity (Wildman–Crippen MR) is 69.2 cm³/mol. The molecule has 0 amide bonds. The van der Waals surface area contributed by atoms with Gasteiger partial charge in [0, 0.05) is 6.42 Å². The fraction of sp³-hybridized carbons (Fsp3) is 0.545. The van der Waals surface area contributed by atoms with Crippen molar-refractivity contribution in [2.75, 3.05) is 12.3 Å². The van der Waals surface area contributed by atoms with Crippen LogP contribution in [-0.4, -0.2) is 59.1 Å². The molecule has 1 fully saturated rings. The molecule has 1 aliphatic carbocycles. The van der Waals surface area contributed by atoms with E-state index < -0.39 is 42.3 Å². The third-order valence-corrected chi connectivity index (χ3v) is 3.90. The number of alkyl halides is 2. The van der Waals surface area contributed by atoms with Crippen molar-refractivity contribution in [1.82, 2.24) is 19.5 Å². The summed E-state index contributed by atoms with van der Waals surface area (Å²) in [6.45, 7) is -1.10. The molecule has 0 aromatic carbocycles. The van der Waals surface area contributed by atoms with Crippen molar-refractivity contribution < 1.29 is 24.1 Å². The Hall–Kier alpha value is -2.11. The minimum Gasteiger partial charge on any atom is -0.393 e. The molecule has 6 N–H and O–H groups in total. The maximum absolute atomic E-state index is 14.2. The minimum absolute atomic E-state index is 0.244. The van der Waals surface area contributed by atoms with E-state index in [0.29, 0.717) is 0 Å². The first-order chi connectivity index (χ1) is 10.2. The topological polar surface area (TPSA) is 150 Å². The first kappa shape index (κ1) is 14.8. The molecule has 11 heteroatoms. The first-order valence-corrected chi connectivity index (χ1v) is 6.32. The largest absolute Gasteiger partial charge is 0.393 e. The molecule has 1 aliphatic rings. The highest BCUT2D eigenvalue weighted by Crippen LogP contribution is 2.50. The van der Waals surface area contributed by atoms with Crippen molar-refractivity contribution in [3.8, 4) is 0 Å². The highest BCUT2D eigenvalue weighted by atomic mass is 19.3. The van der Waals surface area contributed by atoms with Gasteiger partial charge in [0.25, 0.3) is 11.5 Å². The van der Waals surface area contributed by atoms with Crippen LogP contribution in [0.4, 0.5) is 14.7 Å². The Balaban J connectivity index is 2.27. The highest BCUT2D eigenvalue weighted by Gasteiger charge is 2.65. The Bertz CT molecular complexity index is 790. The number of nitrogens with zero attached hydrogens (tertiary/aromatic N) is 3. The summed E-state index contributed by atoms with van der Waals surface area (Å²) in [5.74, 6) is -3.86. The number of anilines is 1. The van der Waals surface area contributed by atoms with Gasteiger partial charge in [0.1, 0.15) is 11.6 Å². The fourth-order valence-corrected chi connectivity index (χ4v) is 2.86. The number of halogens is 2. The predicted octanol–water partition coefficient (Wildman–Crippen LogP) is -1.63. The van der Waals surface area contributed by atoms with Crippen LogP contribution in [0.15, 0.2) is 11.1 Å². The second-order valence-electron chi connectivity index (χ2n) is 5.31. The lowest BCUT2D eigenvalue weighted by Gasteiger charge is -2.32. The van der Waals surface area contributed by atoms with Crippen LogP contribution in [-0.2, 0) is 0 Å². The fourth-order valence-electron chi connectivity index (χ4n) is 2.86. The molecule has 22 heavy (non-hydrogen) atoms. The summed E-state index contributed by atoms with van der Waals surface area (Å²) < 4.78 is 29.2. The van der Waals surface area contributed by atoms with Crippen molar-refractivity contribution >= 4 is 17.1 Å². The van der Waals surface area contributed by atoms with E-state index >= 15 is 0 Å².